The monoisotopic (exact) mass is 391 g/mol. The number of amides is 1. The smallest absolute Gasteiger partial charge is 0.232 e. The van der Waals surface area contributed by atoms with E-state index in [1.165, 1.54) is 11.8 Å². The number of hydrogen-bond donors (Lipinski definition) is 1. The fourth-order valence-corrected chi connectivity index (χ4v) is 3.26. The second-order valence-corrected chi connectivity index (χ2v) is 6.89. The average Bonchev–Trinajstić information content (AvgIpc) is 3.06. The van der Waals surface area contributed by atoms with E-state index in [1.54, 1.807) is 35.9 Å². The molecule has 0 atom stereocenters. The van der Waals surface area contributed by atoms with Gasteiger partial charge in [-0.1, -0.05) is 42.1 Å². The Morgan fingerprint density at radius 3 is 2.50 bits per heavy atom. The number of carbonyl (C=O) groups is 2. The van der Waals surface area contributed by atoms with Gasteiger partial charge in [0.1, 0.15) is 5.82 Å². The Morgan fingerprint density at radius 2 is 1.82 bits per heavy atom. The van der Waals surface area contributed by atoms with Gasteiger partial charge in [0, 0.05) is 18.3 Å². The Hall–Kier alpha value is -3.44. The highest BCUT2D eigenvalue weighted by molar-refractivity contribution is 7.99. The van der Waals surface area contributed by atoms with Crippen LogP contribution in [0.15, 0.2) is 59.8 Å². The summed E-state index contributed by atoms with van der Waals surface area (Å²) < 4.78 is 1.71. The maximum atomic E-state index is 12.3. The maximum absolute atomic E-state index is 12.3. The Labute approximate surface area is 166 Å². The quantitative estimate of drug-likeness (QED) is 0.491. The van der Waals surface area contributed by atoms with E-state index in [9.17, 15) is 9.59 Å². The zero-order valence-corrected chi connectivity index (χ0v) is 15.9. The van der Waals surface area contributed by atoms with Gasteiger partial charge >= 0.3 is 0 Å². The van der Waals surface area contributed by atoms with Gasteiger partial charge in [-0.3, -0.25) is 9.59 Å². The van der Waals surface area contributed by atoms with Gasteiger partial charge in [-0.15, -0.1) is 10.2 Å². The van der Waals surface area contributed by atoms with Crippen LogP contribution >= 0.6 is 11.8 Å². The van der Waals surface area contributed by atoms with Crippen molar-refractivity contribution < 1.29 is 9.59 Å². The van der Waals surface area contributed by atoms with Crippen molar-refractivity contribution in [1.29, 1.82) is 5.26 Å². The van der Waals surface area contributed by atoms with Crippen molar-refractivity contribution in [3.05, 3.63) is 71.5 Å². The van der Waals surface area contributed by atoms with Crippen LogP contribution in [0.3, 0.4) is 0 Å². The van der Waals surface area contributed by atoms with Crippen molar-refractivity contribution in [3.63, 3.8) is 0 Å². The van der Waals surface area contributed by atoms with Crippen LogP contribution in [0.4, 0.5) is 5.69 Å². The predicted molar refractivity (Wildman–Crippen MR) is 106 cm³/mol. The van der Waals surface area contributed by atoms with E-state index in [-0.39, 0.29) is 23.9 Å². The molecular formula is C20H17N5O2S. The molecular weight excluding hydrogens is 374 g/mol. The summed E-state index contributed by atoms with van der Waals surface area (Å²) in [6.45, 7) is 0. The molecule has 28 heavy (non-hydrogen) atoms. The molecule has 0 spiro atoms. The number of nitrogens with zero attached hydrogens (tertiary/aromatic N) is 4. The third-order valence-corrected chi connectivity index (χ3v) is 4.99. The number of Topliss-reactive ketones (excluding diaryl/α,β-unsaturated/α-hetero) is 1. The Bertz CT molecular complexity index is 1020. The number of ketones is 1. The SMILES string of the molecule is Cn1c(CC(=O)Nc2ccccc2)nnc1SCC(=O)c1ccc(C#N)cc1. The number of nitriles is 1. The van der Waals surface area contributed by atoms with Crippen molar-refractivity contribution in [2.75, 3.05) is 11.1 Å². The van der Waals surface area contributed by atoms with Crippen LogP contribution < -0.4 is 5.32 Å². The maximum Gasteiger partial charge on any atom is 0.232 e. The number of thioether (sulfide) groups is 1. The first-order valence-corrected chi connectivity index (χ1v) is 9.44. The van der Waals surface area contributed by atoms with Crippen LogP contribution in [0.2, 0.25) is 0 Å². The molecule has 0 aliphatic rings. The minimum absolute atomic E-state index is 0.0686. The topological polar surface area (TPSA) is 101 Å². The molecule has 0 saturated carbocycles. The van der Waals surface area contributed by atoms with Gasteiger partial charge in [0.25, 0.3) is 0 Å². The normalized spacial score (nSPS) is 10.3. The lowest BCUT2D eigenvalue weighted by Gasteiger charge is -2.05. The van der Waals surface area contributed by atoms with Crippen LogP contribution in [-0.2, 0) is 18.3 Å². The molecule has 1 heterocycles. The molecule has 1 aromatic heterocycles. The van der Waals surface area contributed by atoms with Crippen LogP contribution in [0.5, 0.6) is 0 Å². The highest BCUT2D eigenvalue weighted by Gasteiger charge is 2.15. The molecule has 0 radical (unpaired) electrons. The molecule has 0 aliphatic carbocycles. The number of aromatic nitrogens is 3. The fraction of sp³-hybridized carbons (Fsp3) is 0.150. The third-order valence-electron chi connectivity index (χ3n) is 3.97. The number of benzene rings is 2. The molecule has 2 aromatic carbocycles. The first kappa shape index (κ1) is 19.3. The van der Waals surface area contributed by atoms with Crippen molar-refractivity contribution in [2.24, 2.45) is 7.05 Å². The second-order valence-electron chi connectivity index (χ2n) is 5.95. The molecule has 7 nitrogen and oxygen atoms in total. The average molecular weight is 391 g/mol. The molecule has 0 saturated heterocycles. The van der Waals surface area contributed by atoms with Gasteiger partial charge in [-0.05, 0) is 24.3 Å². The van der Waals surface area contributed by atoms with Crippen molar-refractivity contribution in [3.8, 4) is 6.07 Å². The summed E-state index contributed by atoms with van der Waals surface area (Å²) in [5.74, 6) is 0.447. The summed E-state index contributed by atoms with van der Waals surface area (Å²) in [7, 11) is 1.76. The highest BCUT2D eigenvalue weighted by atomic mass is 32.2. The summed E-state index contributed by atoms with van der Waals surface area (Å²) in [6.07, 6.45) is 0.0858. The van der Waals surface area contributed by atoms with Crippen LogP contribution in [0.25, 0.3) is 0 Å². The Balaban J connectivity index is 1.57. The summed E-state index contributed by atoms with van der Waals surface area (Å²) in [5.41, 5.74) is 1.77. The predicted octanol–water partition coefficient (Wildman–Crippen LogP) is 2.84. The van der Waals surface area contributed by atoms with Crippen molar-refractivity contribution in [1.82, 2.24) is 14.8 Å². The van der Waals surface area contributed by atoms with Gasteiger partial charge in [0.05, 0.1) is 23.8 Å². The van der Waals surface area contributed by atoms with Gasteiger partial charge in [-0.2, -0.15) is 5.26 Å². The first-order valence-electron chi connectivity index (χ1n) is 8.46. The molecule has 0 fully saturated rings. The summed E-state index contributed by atoms with van der Waals surface area (Å²) >= 11 is 1.25. The van der Waals surface area contributed by atoms with Crippen molar-refractivity contribution >= 4 is 29.1 Å². The lowest BCUT2D eigenvalue weighted by molar-refractivity contribution is -0.115. The zero-order chi connectivity index (χ0) is 19.9. The third kappa shape index (κ3) is 4.84. The Kier molecular flexibility index (Phi) is 6.19. The van der Waals surface area contributed by atoms with E-state index < -0.39 is 0 Å². The lowest BCUT2D eigenvalue weighted by atomic mass is 10.1. The lowest BCUT2D eigenvalue weighted by Crippen LogP contribution is -2.17. The fourth-order valence-electron chi connectivity index (χ4n) is 2.44. The van der Waals surface area contributed by atoms with E-state index in [0.717, 1.165) is 5.69 Å². The number of nitrogens with one attached hydrogen (secondary N) is 1. The molecule has 1 N–H and O–H groups in total. The summed E-state index contributed by atoms with van der Waals surface area (Å²) in [5, 5.41) is 20.3. The number of rotatable bonds is 7. The van der Waals surface area contributed by atoms with Gasteiger partial charge < -0.3 is 9.88 Å². The van der Waals surface area contributed by atoms with Crippen LogP contribution in [0.1, 0.15) is 21.7 Å². The molecule has 0 bridgehead atoms. The first-order chi connectivity index (χ1) is 13.6. The van der Waals surface area contributed by atoms with E-state index in [0.29, 0.717) is 22.1 Å². The standard InChI is InChI=1S/C20H17N5O2S/c1-25-18(11-19(27)22-16-5-3-2-4-6-16)23-24-20(25)28-13-17(26)15-9-7-14(12-21)8-10-15/h2-10H,11,13H2,1H3,(H,22,27). The minimum Gasteiger partial charge on any atom is -0.326 e. The van der Waals surface area contributed by atoms with Crippen LogP contribution in [0, 0.1) is 11.3 Å². The molecule has 3 rings (SSSR count). The summed E-state index contributed by atoms with van der Waals surface area (Å²) in [4.78, 5) is 24.5. The Morgan fingerprint density at radius 1 is 1.11 bits per heavy atom. The molecule has 1 amide bonds. The van der Waals surface area contributed by atoms with Crippen molar-refractivity contribution in [2.45, 2.75) is 11.6 Å². The number of para-hydroxylation sites is 1. The molecule has 0 unspecified atom stereocenters. The largest absolute Gasteiger partial charge is 0.326 e. The molecule has 0 aliphatic heterocycles. The van der Waals surface area contributed by atoms with Gasteiger partial charge in [0.2, 0.25) is 5.91 Å². The number of anilines is 1. The zero-order valence-electron chi connectivity index (χ0n) is 15.1. The number of carbonyl (C=O) groups excluding carboxylic acids is 2. The molecule has 3 aromatic rings. The van der Waals surface area contributed by atoms with Gasteiger partial charge in [-0.25, -0.2) is 0 Å². The van der Waals surface area contributed by atoms with E-state index in [4.69, 9.17) is 5.26 Å². The number of hydrogen-bond acceptors (Lipinski definition) is 6. The van der Waals surface area contributed by atoms with E-state index >= 15 is 0 Å². The minimum atomic E-state index is -0.188. The second kappa shape index (κ2) is 8.97. The molecule has 140 valence electrons. The van der Waals surface area contributed by atoms with E-state index in [2.05, 4.69) is 15.5 Å². The molecule has 8 heteroatoms. The van der Waals surface area contributed by atoms with E-state index in [1.807, 2.05) is 36.4 Å². The highest BCUT2D eigenvalue weighted by Crippen LogP contribution is 2.18. The van der Waals surface area contributed by atoms with Crippen LogP contribution in [-0.4, -0.2) is 32.2 Å². The van der Waals surface area contributed by atoms with Gasteiger partial charge in [0.15, 0.2) is 10.9 Å². The summed E-state index contributed by atoms with van der Waals surface area (Å²) in [6, 6.07) is 17.7.